The van der Waals surface area contributed by atoms with Crippen LogP contribution in [-0.4, -0.2) is 31.7 Å². The van der Waals surface area contributed by atoms with Gasteiger partial charge in [0.05, 0.1) is 19.9 Å². The van der Waals surface area contributed by atoms with Crippen LogP contribution in [0.1, 0.15) is 30.8 Å². The number of benzene rings is 1. The smallest absolute Gasteiger partial charge is 0.274 e. The molecule has 2 aromatic rings. The van der Waals surface area contributed by atoms with Crippen molar-refractivity contribution in [2.45, 2.75) is 20.3 Å². The fourth-order valence-corrected chi connectivity index (χ4v) is 2.27. The lowest BCUT2D eigenvalue weighted by Gasteiger charge is -2.12. The number of methoxy groups -OCH3 is 2. The Balaban J connectivity index is 2.10. The maximum absolute atomic E-state index is 12.5. The molecule has 6 nitrogen and oxygen atoms in total. The Hall–Kier alpha value is -2.76. The molecule has 0 fully saturated rings. The normalized spacial score (nSPS) is 10.4. The molecule has 25 heavy (non-hydrogen) atoms. The van der Waals surface area contributed by atoms with Gasteiger partial charge in [0.2, 0.25) is 0 Å². The topological polar surface area (TPSA) is 72.5 Å². The Bertz CT molecular complexity index is 717. The fraction of sp³-hybridized carbons (Fsp3) is 0.368. The van der Waals surface area contributed by atoms with Crippen molar-refractivity contribution in [3.05, 3.63) is 42.2 Å². The Morgan fingerprint density at radius 3 is 2.64 bits per heavy atom. The number of carbonyl (C=O) groups is 1. The first-order valence-corrected chi connectivity index (χ1v) is 8.26. The van der Waals surface area contributed by atoms with Gasteiger partial charge in [-0.15, -0.1) is 0 Å². The maximum atomic E-state index is 12.5. The molecule has 1 amide bonds. The lowest BCUT2D eigenvalue weighted by atomic mass is 10.1. The van der Waals surface area contributed by atoms with Crippen LogP contribution < -0.4 is 20.1 Å². The van der Waals surface area contributed by atoms with Crippen LogP contribution in [0.4, 0.5) is 11.4 Å². The number of amides is 1. The Morgan fingerprint density at radius 2 is 1.96 bits per heavy atom. The number of rotatable bonds is 8. The van der Waals surface area contributed by atoms with Crippen LogP contribution in [-0.2, 0) is 0 Å². The Labute approximate surface area is 148 Å². The van der Waals surface area contributed by atoms with Crippen molar-refractivity contribution < 1.29 is 14.3 Å². The van der Waals surface area contributed by atoms with E-state index in [1.807, 2.05) is 6.07 Å². The van der Waals surface area contributed by atoms with Crippen LogP contribution >= 0.6 is 0 Å². The Morgan fingerprint density at radius 1 is 1.16 bits per heavy atom. The van der Waals surface area contributed by atoms with E-state index in [0.717, 1.165) is 18.7 Å². The van der Waals surface area contributed by atoms with Gasteiger partial charge in [-0.3, -0.25) is 9.78 Å². The van der Waals surface area contributed by atoms with Crippen LogP contribution in [0.15, 0.2) is 36.5 Å². The SMILES string of the molecule is COc1ccc(OC)c(NC(=O)c2cc(NCCC(C)C)ccn2)c1. The summed E-state index contributed by atoms with van der Waals surface area (Å²) in [5, 5.41) is 6.13. The molecule has 0 atom stereocenters. The van der Waals surface area contributed by atoms with Crippen LogP contribution in [0.5, 0.6) is 11.5 Å². The minimum absolute atomic E-state index is 0.306. The van der Waals surface area contributed by atoms with Crippen molar-refractivity contribution in [1.29, 1.82) is 0 Å². The standard InChI is InChI=1S/C19H25N3O3/c1-13(2)7-9-20-14-8-10-21-17(11-14)19(23)22-16-12-15(24-3)5-6-18(16)25-4/h5-6,8,10-13H,7,9H2,1-4H3,(H,20,21)(H,22,23). The number of ether oxygens (including phenoxy) is 2. The molecule has 1 aromatic carbocycles. The van der Waals surface area contributed by atoms with E-state index in [1.165, 1.54) is 0 Å². The highest BCUT2D eigenvalue weighted by Gasteiger charge is 2.12. The van der Waals surface area contributed by atoms with Crippen LogP contribution in [0.25, 0.3) is 0 Å². The van der Waals surface area contributed by atoms with E-state index < -0.39 is 0 Å². The van der Waals surface area contributed by atoms with Gasteiger partial charge in [-0.05, 0) is 36.6 Å². The van der Waals surface area contributed by atoms with Gasteiger partial charge in [0.15, 0.2) is 0 Å². The first kappa shape index (κ1) is 18.6. The maximum Gasteiger partial charge on any atom is 0.274 e. The van der Waals surface area contributed by atoms with Gasteiger partial charge in [-0.1, -0.05) is 13.8 Å². The zero-order valence-corrected chi connectivity index (χ0v) is 15.1. The summed E-state index contributed by atoms with van der Waals surface area (Å²) in [5.74, 6) is 1.50. The number of anilines is 2. The number of hydrogen-bond acceptors (Lipinski definition) is 5. The van der Waals surface area contributed by atoms with Crippen molar-refractivity contribution in [3.8, 4) is 11.5 Å². The number of nitrogens with zero attached hydrogens (tertiary/aromatic N) is 1. The second-order valence-corrected chi connectivity index (χ2v) is 6.06. The van der Waals surface area contributed by atoms with E-state index in [-0.39, 0.29) is 5.91 Å². The van der Waals surface area contributed by atoms with Gasteiger partial charge >= 0.3 is 0 Å². The summed E-state index contributed by atoms with van der Waals surface area (Å²) in [6.07, 6.45) is 2.68. The summed E-state index contributed by atoms with van der Waals surface area (Å²) in [6.45, 7) is 5.20. The van der Waals surface area contributed by atoms with Gasteiger partial charge < -0.3 is 20.1 Å². The number of hydrogen-bond donors (Lipinski definition) is 2. The summed E-state index contributed by atoms with van der Waals surface area (Å²) < 4.78 is 10.5. The summed E-state index contributed by atoms with van der Waals surface area (Å²) in [5.41, 5.74) is 1.74. The second kappa shape index (κ2) is 8.92. The van der Waals surface area contributed by atoms with E-state index in [4.69, 9.17) is 9.47 Å². The lowest BCUT2D eigenvalue weighted by Crippen LogP contribution is -2.15. The molecule has 0 radical (unpaired) electrons. The monoisotopic (exact) mass is 343 g/mol. The molecule has 2 rings (SSSR count). The van der Waals surface area contributed by atoms with E-state index >= 15 is 0 Å². The third kappa shape index (κ3) is 5.38. The lowest BCUT2D eigenvalue weighted by molar-refractivity contribution is 0.102. The molecule has 0 bridgehead atoms. The molecule has 2 N–H and O–H groups in total. The van der Waals surface area contributed by atoms with Crippen molar-refractivity contribution in [1.82, 2.24) is 4.98 Å². The van der Waals surface area contributed by atoms with Crippen molar-refractivity contribution >= 4 is 17.3 Å². The molecule has 0 aliphatic carbocycles. The highest BCUT2D eigenvalue weighted by molar-refractivity contribution is 6.04. The van der Waals surface area contributed by atoms with Gasteiger partial charge in [-0.2, -0.15) is 0 Å². The average Bonchev–Trinajstić information content (AvgIpc) is 2.61. The third-order valence-electron chi connectivity index (χ3n) is 3.70. The van der Waals surface area contributed by atoms with Crippen LogP contribution in [0, 0.1) is 5.92 Å². The molecule has 0 spiro atoms. The molecule has 134 valence electrons. The molecule has 0 aliphatic heterocycles. The summed E-state index contributed by atoms with van der Waals surface area (Å²) >= 11 is 0. The predicted octanol–water partition coefficient (Wildman–Crippen LogP) is 3.81. The van der Waals surface area contributed by atoms with E-state index in [2.05, 4.69) is 29.5 Å². The average molecular weight is 343 g/mol. The van der Waals surface area contributed by atoms with Gasteiger partial charge in [0.1, 0.15) is 17.2 Å². The molecule has 0 aliphatic rings. The van der Waals surface area contributed by atoms with E-state index in [1.54, 1.807) is 44.7 Å². The van der Waals surface area contributed by atoms with Crippen molar-refractivity contribution in [2.24, 2.45) is 5.92 Å². The third-order valence-corrected chi connectivity index (χ3v) is 3.70. The molecule has 0 saturated heterocycles. The summed E-state index contributed by atoms with van der Waals surface area (Å²) in [4.78, 5) is 16.7. The molecular weight excluding hydrogens is 318 g/mol. The van der Waals surface area contributed by atoms with Gasteiger partial charge in [-0.25, -0.2) is 0 Å². The largest absolute Gasteiger partial charge is 0.497 e. The number of nitrogens with one attached hydrogen (secondary N) is 2. The highest BCUT2D eigenvalue weighted by atomic mass is 16.5. The quantitative estimate of drug-likeness (QED) is 0.762. The highest BCUT2D eigenvalue weighted by Crippen LogP contribution is 2.29. The molecule has 6 heteroatoms. The first-order chi connectivity index (χ1) is 12.0. The zero-order valence-electron chi connectivity index (χ0n) is 15.1. The number of aromatic nitrogens is 1. The summed E-state index contributed by atoms with van der Waals surface area (Å²) in [7, 11) is 3.12. The van der Waals surface area contributed by atoms with Crippen LogP contribution in [0.3, 0.4) is 0 Å². The van der Waals surface area contributed by atoms with Crippen molar-refractivity contribution in [2.75, 3.05) is 31.4 Å². The van der Waals surface area contributed by atoms with Gasteiger partial charge in [0.25, 0.3) is 5.91 Å². The van der Waals surface area contributed by atoms with Crippen LogP contribution in [0.2, 0.25) is 0 Å². The minimum Gasteiger partial charge on any atom is -0.497 e. The van der Waals surface area contributed by atoms with E-state index in [9.17, 15) is 4.79 Å². The predicted molar refractivity (Wildman–Crippen MR) is 99.7 cm³/mol. The van der Waals surface area contributed by atoms with E-state index in [0.29, 0.717) is 28.8 Å². The molecule has 1 heterocycles. The fourth-order valence-electron chi connectivity index (χ4n) is 2.27. The second-order valence-electron chi connectivity index (χ2n) is 6.06. The molecule has 0 saturated carbocycles. The minimum atomic E-state index is -0.306. The molecular formula is C19H25N3O3. The van der Waals surface area contributed by atoms with Crippen molar-refractivity contribution in [3.63, 3.8) is 0 Å². The first-order valence-electron chi connectivity index (χ1n) is 8.26. The Kier molecular flexibility index (Phi) is 6.62. The van der Waals surface area contributed by atoms with Gasteiger partial charge in [0, 0.05) is 24.5 Å². The zero-order chi connectivity index (χ0) is 18.2. The number of pyridine rings is 1. The molecule has 0 unspecified atom stereocenters. The summed E-state index contributed by atoms with van der Waals surface area (Å²) in [6, 6.07) is 8.81. The number of carbonyl (C=O) groups excluding carboxylic acids is 1. The molecule has 1 aromatic heterocycles.